The lowest BCUT2D eigenvalue weighted by atomic mass is 9.86. The van der Waals surface area contributed by atoms with Gasteiger partial charge in [0.15, 0.2) is 0 Å². The second kappa shape index (κ2) is 9.18. The van der Waals surface area contributed by atoms with Crippen LogP contribution in [0.2, 0.25) is 0 Å². The first-order chi connectivity index (χ1) is 13.6. The van der Waals surface area contributed by atoms with Gasteiger partial charge < -0.3 is 4.74 Å². The van der Waals surface area contributed by atoms with Crippen molar-refractivity contribution in [2.24, 2.45) is 0 Å². The maximum atomic E-state index is 12.0. The molecule has 2 heteroatoms. The second-order valence-electron chi connectivity index (χ2n) is 6.90. The summed E-state index contributed by atoms with van der Waals surface area (Å²) in [5.74, 6) is -0.292. The summed E-state index contributed by atoms with van der Waals surface area (Å²) in [5.41, 5.74) is 7.83. The number of rotatable bonds is 5. The van der Waals surface area contributed by atoms with Crippen LogP contribution in [0.25, 0.3) is 11.1 Å². The molecule has 0 atom stereocenters. The molecule has 0 fully saturated rings. The number of benzene rings is 2. The lowest BCUT2D eigenvalue weighted by Gasteiger charge is -2.17. The fraction of sp³-hybridized carbons (Fsp3) is 0.192. The van der Waals surface area contributed by atoms with Crippen molar-refractivity contribution in [2.45, 2.75) is 26.7 Å². The average Bonchev–Trinajstić information content (AvgIpc) is 2.89. The minimum absolute atomic E-state index is 0.292. The van der Waals surface area contributed by atoms with Gasteiger partial charge in [-0.3, -0.25) is 0 Å². The van der Waals surface area contributed by atoms with Crippen LogP contribution in [0.5, 0.6) is 0 Å². The fourth-order valence-electron chi connectivity index (χ4n) is 3.53. The van der Waals surface area contributed by atoms with E-state index in [0.717, 1.165) is 35.1 Å². The zero-order chi connectivity index (χ0) is 19.9. The molecule has 1 aliphatic carbocycles. The molecule has 2 aromatic carbocycles. The van der Waals surface area contributed by atoms with Gasteiger partial charge in [0.1, 0.15) is 0 Å². The first-order valence-electron chi connectivity index (χ1n) is 9.69. The van der Waals surface area contributed by atoms with Crippen molar-refractivity contribution >= 4 is 17.1 Å². The lowest BCUT2D eigenvalue weighted by molar-refractivity contribution is -0.137. The molecule has 142 valence electrons. The molecule has 0 saturated carbocycles. The highest BCUT2D eigenvalue weighted by molar-refractivity contribution is 6.01. The van der Waals surface area contributed by atoms with Crippen molar-refractivity contribution in [1.29, 1.82) is 0 Å². The maximum absolute atomic E-state index is 12.0. The minimum Gasteiger partial charge on any atom is -0.463 e. The average molecular weight is 370 g/mol. The Morgan fingerprint density at radius 1 is 1.00 bits per heavy atom. The molecule has 0 amide bonds. The van der Waals surface area contributed by atoms with Gasteiger partial charge in [0.05, 0.1) is 6.61 Å². The van der Waals surface area contributed by atoms with E-state index < -0.39 is 0 Å². The summed E-state index contributed by atoms with van der Waals surface area (Å²) in [6.45, 7) is 8.45. The Hall–Kier alpha value is -3.13. The molecule has 0 bridgehead atoms. The Labute approximate surface area is 167 Å². The standard InChI is InChI=1S/C26H26O2/c1-4-28-25(27)18-20-15-16-23(21-11-7-5-8-12-21)26(24(17-20)19(2)3)22-13-9-6-10-14-22/h5-14,17-18H,2,4,15-16H2,1,3H3/b20-18+. The zero-order valence-electron chi connectivity index (χ0n) is 16.6. The Balaban J connectivity index is 2.20. The van der Waals surface area contributed by atoms with E-state index in [0.29, 0.717) is 6.61 Å². The summed E-state index contributed by atoms with van der Waals surface area (Å²) >= 11 is 0. The van der Waals surface area contributed by atoms with Crippen molar-refractivity contribution in [3.63, 3.8) is 0 Å². The molecule has 3 rings (SSSR count). The smallest absolute Gasteiger partial charge is 0.331 e. The lowest BCUT2D eigenvalue weighted by Crippen LogP contribution is -2.00. The third-order valence-corrected chi connectivity index (χ3v) is 4.80. The number of hydrogen-bond acceptors (Lipinski definition) is 2. The highest BCUT2D eigenvalue weighted by Crippen LogP contribution is 2.41. The summed E-state index contributed by atoms with van der Waals surface area (Å²) in [6, 6.07) is 20.9. The summed E-state index contributed by atoms with van der Waals surface area (Å²) in [4.78, 5) is 12.0. The van der Waals surface area contributed by atoms with Crippen LogP contribution < -0.4 is 0 Å². The van der Waals surface area contributed by atoms with Gasteiger partial charge in [-0.2, -0.15) is 0 Å². The largest absolute Gasteiger partial charge is 0.463 e. The van der Waals surface area contributed by atoms with E-state index in [1.807, 2.05) is 26.0 Å². The van der Waals surface area contributed by atoms with Crippen LogP contribution in [0.1, 0.15) is 37.8 Å². The fourth-order valence-corrected chi connectivity index (χ4v) is 3.53. The van der Waals surface area contributed by atoms with Crippen molar-refractivity contribution < 1.29 is 9.53 Å². The predicted molar refractivity (Wildman–Crippen MR) is 117 cm³/mol. The van der Waals surface area contributed by atoms with Gasteiger partial charge in [-0.05, 0) is 60.1 Å². The van der Waals surface area contributed by atoms with E-state index in [1.165, 1.54) is 16.7 Å². The number of ether oxygens (including phenoxy) is 1. The van der Waals surface area contributed by atoms with E-state index in [1.54, 1.807) is 6.08 Å². The van der Waals surface area contributed by atoms with E-state index in [2.05, 4.69) is 61.2 Å². The molecule has 0 aromatic heterocycles. The first-order valence-corrected chi connectivity index (χ1v) is 9.69. The van der Waals surface area contributed by atoms with Crippen LogP contribution in [0, 0.1) is 0 Å². The SMILES string of the molecule is C=C(C)C1=C/C(=C/C(=O)OCC)CCC(c2ccccc2)=C1c1ccccc1. The zero-order valence-corrected chi connectivity index (χ0v) is 16.6. The Morgan fingerprint density at radius 2 is 1.61 bits per heavy atom. The number of carbonyl (C=O) groups excluding carboxylic acids is 1. The van der Waals surface area contributed by atoms with Crippen molar-refractivity contribution in [3.8, 4) is 0 Å². The summed E-state index contributed by atoms with van der Waals surface area (Å²) in [6.07, 6.45) is 5.32. The number of carbonyl (C=O) groups is 1. The number of allylic oxidation sites excluding steroid dienone is 6. The van der Waals surface area contributed by atoms with E-state index in [-0.39, 0.29) is 5.97 Å². The van der Waals surface area contributed by atoms with Gasteiger partial charge in [-0.25, -0.2) is 4.79 Å². The Morgan fingerprint density at radius 3 is 2.18 bits per heavy atom. The first kappa shape index (κ1) is 19.6. The van der Waals surface area contributed by atoms with Crippen LogP contribution in [0.15, 0.2) is 96.1 Å². The predicted octanol–water partition coefficient (Wildman–Crippen LogP) is 6.38. The third-order valence-electron chi connectivity index (χ3n) is 4.80. The number of hydrogen-bond donors (Lipinski definition) is 0. The molecule has 0 unspecified atom stereocenters. The van der Waals surface area contributed by atoms with Crippen molar-refractivity contribution in [1.82, 2.24) is 0 Å². The minimum atomic E-state index is -0.292. The van der Waals surface area contributed by atoms with Crippen molar-refractivity contribution in [3.05, 3.63) is 107 Å². The van der Waals surface area contributed by atoms with Crippen LogP contribution in [0.3, 0.4) is 0 Å². The molecular weight excluding hydrogens is 344 g/mol. The van der Waals surface area contributed by atoms with Crippen LogP contribution in [-0.2, 0) is 9.53 Å². The molecule has 1 aliphatic rings. The van der Waals surface area contributed by atoms with Gasteiger partial charge in [0.2, 0.25) is 0 Å². The Kier molecular flexibility index (Phi) is 6.44. The normalized spacial score (nSPS) is 15.8. The molecule has 0 radical (unpaired) electrons. The monoisotopic (exact) mass is 370 g/mol. The van der Waals surface area contributed by atoms with Crippen LogP contribution in [0.4, 0.5) is 0 Å². The summed E-state index contributed by atoms with van der Waals surface area (Å²) in [5, 5.41) is 0. The molecule has 0 N–H and O–H groups in total. The van der Waals surface area contributed by atoms with Gasteiger partial charge in [-0.1, -0.05) is 78.9 Å². The topological polar surface area (TPSA) is 26.3 Å². The molecule has 0 saturated heterocycles. The van der Waals surface area contributed by atoms with Crippen LogP contribution in [-0.4, -0.2) is 12.6 Å². The highest BCUT2D eigenvalue weighted by Gasteiger charge is 2.20. The molecule has 2 aromatic rings. The third kappa shape index (κ3) is 4.58. The van der Waals surface area contributed by atoms with E-state index >= 15 is 0 Å². The van der Waals surface area contributed by atoms with Gasteiger partial charge in [0.25, 0.3) is 0 Å². The highest BCUT2D eigenvalue weighted by atomic mass is 16.5. The van der Waals surface area contributed by atoms with Gasteiger partial charge >= 0.3 is 5.97 Å². The molecule has 0 aliphatic heterocycles. The van der Waals surface area contributed by atoms with Gasteiger partial charge in [-0.15, -0.1) is 0 Å². The van der Waals surface area contributed by atoms with E-state index in [4.69, 9.17) is 4.74 Å². The van der Waals surface area contributed by atoms with Crippen LogP contribution >= 0.6 is 0 Å². The van der Waals surface area contributed by atoms with Gasteiger partial charge in [0, 0.05) is 6.08 Å². The summed E-state index contributed by atoms with van der Waals surface area (Å²) in [7, 11) is 0. The molecule has 28 heavy (non-hydrogen) atoms. The Bertz CT molecular complexity index is 944. The second-order valence-corrected chi connectivity index (χ2v) is 6.90. The maximum Gasteiger partial charge on any atom is 0.331 e. The molecule has 0 spiro atoms. The molecule has 2 nitrogen and oxygen atoms in total. The van der Waals surface area contributed by atoms with Crippen molar-refractivity contribution in [2.75, 3.05) is 6.61 Å². The number of esters is 1. The quantitative estimate of drug-likeness (QED) is 0.451. The molecule has 0 heterocycles. The van der Waals surface area contributed by atoms with E-state index in [9.17, 15) is 4.79 Å². The summed E-state index contributed by atoms with van der Waals surface area (Å²) < 4.78 is 5.12. The molecular formula is C26H26O2.